The first-order chi connectivity index (χ1) is 13.1. The largest absolute Gasteiger partial charge is 0.416 e. The van der Waals surface area contributed by atoms with E-state index in [1.54, 1.807) is 11.6 Å². The molecule has 1 N–H and O–H groups in total. The van der Waals surface area contributed by atoms with Crippen LogP contribution in [0, 0.1) is 20.8 Å². The lowest BCUT2D eigenvalue weighted by Gasteiger charge is -2.10. The molecule has 1 amide bonds. The number of anilines is 1. The average Bonchev–Trinajstić information content (AvgIpc) is 2.88. The highest BCUT2D eigenvalue weighted by Crippen LogP contribution is 2.30. The molecule has 0 bridgehead atoms. The molecule has 146 valence electrons. The Balaban J connectivity index is 1.83. The van der Waals surface area contributed by atoms with Crippen molar-refractivity contribution >= 4 is 11.6 Å². The van der Waals surface area contributed by atoms with Crippen molar-refractivity contribution < 1.29 is 18.0 Å². The quantitative estimate of drug-likeness (QED) is 0.675. The highest BCUT2D eigenvalue weighted by molar-refractivity contribution is 6.05. The van der Waals surface area contributed by atoms with Crippen molar-refractivity contribution in [3.05, 3.63) is 82.2 Å². The Morgan fingerprint density at radius 1 is 1.07 bits per heavy atom. The molecule has 0 saturated heterocycles. The molecule has 1 aromatic heterocycles. The fourth-order valence-electron chi connectivity index (χ4n) is 3.04. The van der Waals surface area contributed by atoms with Gasteiger partial charge in [-0.05, 0) is 44.5 Å². The van der Waals surface area contributed by atoms with Gasteiger partial charge in [0.25, 0.3) is 5.91 Å². The molecule has 28 heavy (non-hydrogen) atoms. The lowest BCUT2D eigenvalue weighted by atomic mass is 10.1. The lowest BCUT2D eigenvalue weighted by Crippen LogP contribution is -2.15. The summed E-state index contributed by atoms with van der Waals surface area (Å²) in [5, 5.41) is 7.16. The summed E-state index contributed by atoms with van der Waals surface area (Å²) in [5.41, 5.74) is 3.14. The first-order valence-corrected chi connectivity index (χ1v) is 8.73. The van der Waals surface area contributed by atoms with Gasteiger partial charge in [-0.2, -0.15) is 18.3 Å². The molecule has 0 aliphatic rings. The van der Waals surface area contributed by atoms with Crippen LogP contribution in [0.15, 0.2) is 48.5 Å². The molecule has 0 saturated carbocycles. The highest BCUT2D eigenvalue weighted by Gasteiger charge is 2.31. The molecule has 3 rings (SSSR count). The molecule has 0 spiro atoms. The molecule has 7 heteroatoms. The number of carbonyl (C=O) groups excluding carboxylic acids is 1. The minimum atomic E-state index is -4.50. The predicted octanol–water partition coefficient (Wildman–Crippen LogP) is 5.13. The molecular formula is C21H20F3N3O. The lowest BCUT2D eigenvalue weighted by molar-refractivity contribution is -0.137. The van der Waals surface area contributed by atoms with Crippen LogP contribution in [0.2, 0.25) is 0 Å². The molecule has 0 radical (unpaired) electrons. The second-order valence-corrected chi connectivity index (χ2v) is 6.73. The molecular weight excluding hydrogens is 367 g/mol. The van der Waals surface area contributed by atoms with Crippen LogP contribution in [-0.4, -0.2) is 15.7 Å². The fraction of sp³-hybridized carbons (Fsp3) is 0.238. The minimum Gasteiger partial charge on any atom is -0.319 e. The van der Waals surface area contributed by atoms with E-state index in [9.17, 15) is 18.0 Å². The van der Waals surface area contributed by atoms with Crippen LogP contribution >= 0.6 is 0 Å². The van der Waals surface area contributed by atoms with Crippen molar-refractivity contribution in [2.45, 2.75) is 33.5 Å². The summed E-state index contributed by atoms with van der Waals surface area (Å²) in [4.78, 5) is 12.5. The number of hydrogen-bond donors (Lipinski definition) is 1. The third-order valence-electron chi connectivity index (χ3n) is 4.49. The topological polar surface area (TPSA) is 46.9 Å². The first kappa shape index (κ1) is 19.7. The van der Waals surface area contributed by atoms with E-state index in [0.717, 1.165) is 29.0 Å². The van der Waals surface area contributed by atoms with E-state index in [4.69, 9.17) is 0 Å². The van der Waals surface area contributed by atoms with Crippen LogP contribution in [-0.2, 0) is 12.7 Å². The van der Waals surface area contributed by atoms with Crippen LogP contribution in [0.5, 0.6) is 0 Å². The molecule has 1 heterocycles. The average molecular weight is 387 g/mol. The summed E-state index contributed by atoms with van der Waals surface area (Å²) in [5.74, 6) is -0.604. The van der Waals surface area contributed by atoms with Gasteiger partial charge in [0.15, 0.2) is 0 Å². The first-order valence-electron chi connectivity index (χ1n) is 8.73. The molecule has 3 aromatic rings. The third kappa shape index (κ3) is 4.24. The number of nitrogens with one attached hydrogen (secondary N) is 1. The van der Waals surface area contributed by atoms with E-state index in [1.165, 1.54) is 12.1 Å². The van der Waals surface area contributed by atoms with E-state index in [0.29, 0.717) is 17.9 Å². The number of nitrogens with zero attached hydrogens (tertiary/aromatic N) is 2. The summed E-state index contributed by atoms with van der Waals surface area (Å²) >= 11 is 0. The number of benzene rings is 2. The van der Waals surface area contributed by atoms with Gasteiger partial charge in [0.05, 0.1) is 29.2 Å². The van der Waals surface area contributed by atoms with Crippen LogP contribution in [0.1, 0.15) is 38.4 Å². The Bertz CT molecular complexity index is 1020. The van der Waals surface area contributed by atoms with Crippen LogP contribution in [0.3, 0.4) is 0 Å². The predicted molar refractivity (Wildman–Crippen MR) is 101 cm³/mol. The molecule has 0 aliphatic heterocycles. The van der Waals surface area contributed by atoms with E-state index < -0.39 is 17.6 Å². The maximum absolute atomic E-state index is 12.9. The molecule has 2 aromatic carbocycles. The second-order valence-electron chi connectivity index (χ2n) is 6.73. The normalized spacial score (nSPS) is 11.5. The zero-order valence-corrected chi connectivity index (χ0v) is 15.8. The van der Waals surface area contributed by atoms with E-state index in [2.05, 4.69) is 16.5 Å². The van der Waals surface area contributed by atoms with Gasteiger partial charge in [-0.1, -0.05) is 35.9 Å². The number of aromatic nitrogens is 2. The Morgan fingerprint density at radius 3 is 2.46 bits per heavy atom. The van der Waals surface area contributed by atoms with Crippen molar-refractivity contribution in [1.29, 1.82) is 0 Å². The Kier molecular flexibility index (Phi) is 5.27. The smallest absolute Gasteiger partial charge is 0.319 e. The summed E-state index contributed by atoms with van der Waals surface area (Å²) in [6.07, 6.45) is -4.50. The van der Waals surface area contributed by atoms with Crippen molar-refractivity contribution in [3.63, 3.8) is 0 Å². The fourth-order valence-corrected chi connectivity index (χ4v) is 3.04. The summed E-state index contributed by atoms with van der Waals surface area (Å²) in [6.45, 7) is 6.11. The van der Waals surface area contributed by atoms with Crippen LogP contribution in [0.4, 0.5) is 18.9 Å². The molecule has 4 nitrogen and oxygen atoms in total. The van der Waals surface area contributed by atoms with Crippen LogP contribution in [0.25, 0.3) is 0 Å². The number of aryl methyl sites for hydroxylation is 2. The second kappa shape index (κ2) is 7.50. The molecule has 0 aliphatic carbocycles. The SMILES string of the molecule is Cc1cccc(Cn2nc(C)c(NC(=O)c3cccc(C(F)(F)F)c3)c2C)c1. The minimum absolute atomic E-state index is 0.0555. The highest BCUT2D eigenvalue weighted by atomic mass is 19.4. The number of hydrogen-bond acceptors (Lipinski definition) is 2. The third-order valence-corrected chi connectivity index (χ3v) is 4.49. The van der Waals surface area contributed by atoms with Gasteiger partial charge in [-0.15, -0.1) is 0 Å². The Morgan fingerprint density at radius 2 is 1.79 bits per heavy atom. The zero-order valence-electron chi connectivity index (χ0n) is 15.8. The van der Waals surface area contributed by atoms with Gasteiger partial charge < -0.3 is 5.32 Å². The molecule has 0 atom stereocenters. The van der Waals surface area contributed by atoms with E-state index >= 15 is 0 Å². The van der Waals surface area contributed by atoms with E-state index in [-0.39, 0.29) is 5.56 Å². The number of amides is 1. The van der Waals surface area contributed by atoms with Gasteiger partial charge >= 0.3 is 6.18 Å². The standard InChI is InChI=1S/C21H20F3N3O/c1-13-6-4-7-16(10-13)12-27-15(3)19(14(2)26-27)25-20(28)17-8-5-9-18(11-17)21(22,23)24/h4-11H,12H2,1-3H3,(H,25,28). The number of halogens is 3. The van der Waals surface area contributed by atoms with Gasteiger partial charge in [-0.3, -0.25) is 9.48 Å². The van der Waals surface area contributed by atoms with E-state index in [1.807, 2.05) is 32.0 Å². The van der Waals surface area contributed by atoms with Gasteiger partial charge in [0.1, 0.15) is 0 Å². The number of carbonyl (C=O) groups is 1. The van der Waals surface area contributed by atoms with Crippen LogP contribution < -0.4 is 5.32 Å². The van der Waals surface area contributed by atoms with Gasteiger partial charge in [0, 0.05) is 5.56 Å². The summed E-state index contributed by atoms with van der Waals surface area (Å²) in [6, 6.07) is 12.4. The molecule has 0 fully saturated rings. The zero-order chi connectivity index (χ0) is 20.5. The number of alkyl halides is 3. The van der Waals surface area contributed by atoms with Gasteiger partial charge in [0.2, 0.25) is 0 Å². The Labute approximate surface area is 161 Å². The van der Waals surface area contributed by atoms with Crippen molar-refractivity contribution in [3.8, 4) is 0 Å². The van der Waals surface area contributed by atoms with Crippen molar-refractivity contribution in [2.24, 2.45) is 0 Å². The van der Waals surface area contributed by atoms with Gasteiger partial charge in [-0.25, -0.2) is 0 Å². The maximum Gasteiger partial charge on any atom is 0.416 e. The Hall–Kier alpha value is -3.09. The maximum atomic E-state index is 12.9. The summed E-state index contributed by atoms with van der Waals surface area (Å²) in [7, 11) is 0. The number of rotatable bonds is 4. The van der Waals surface area contributed by atoms with Crippen molar-refractivity contribution in [2.75, 3.05) is 5.32 Å². The molecule has 0 unspecified atom stereocenters. The summed E-state index contributed by atoms with van der Waals surface area (Å²) < 4.78 is 40.4. The van der Waals surface area contributed by atoms with Crippen molar-refractivity contribution in [1.82, 2.24) is 9.78 Å². The monoisotopic (exact) mass is 387 g/mol.